The molecule has 0 radical (unpaired) electrons. The first-order valence-corrected chi connectivity index (χ1v) is 5.46. The van der Waals surface area contributed by atoms with Crippen molar-refractivity contribution in [1.82, 2.24) is 0 Å². The average Bonchev–Trinajstić information content (AvgIpc) is 2.17. The van der Waals surface area contributed by atoms with E-state index in [9.17, 15) is 15.3 Å². The molecule has 15 heavy (non-hydrogen) atoms. The molecule has 1 aromatic rings. The zero-order chi connectivity index (χ0) is 11.4. The quantitative estimate of drug-likeness (QED) is 0.589. The SMILES string of the molecule is Cc1cc(O)ccc1C(O)C(O)CCS. The number of rotatable bonds is 4. The highest BCUT2D eigenvalue weighted by atomic mass is 32.1. The normalized spacial score (nSPS) is 14.9. The van der Waals surface area contributed by atoms with Crippen LogP contribution in [0.4, 0.5) is 0 Å². The zero-order valence-electron chi connectivity index (χ0n) is 8.59. The average molecular weight is 228 g/mol. The summed E-state index contributed by atoms with van der Waals surface area (Å²) in [6.07, 6.45) is -1.30. The number of aryl methyl sites for hydroxylation is 1. The van der Waals surface area contributed by atoms with E-state index in [1.807, 2.05) is 0 Å². The van der Waals surface area contributed by atoms with E-state index in [2.05, 4.69) is 12.6 Å². The fourth-order valence-electron chi connectivity index (χ4n) is 1.49. The Hall–Kier alpha value is -0.710. The van der Waals surface area contributed by atoms with Gasteiger partial charge in [0.1, 0.15) is 11.9 Å². The number of phenolic OH excluding ortho intramolecular Hbond substituents is 1. The second-order valence-electron chi connectivity index (χ2n) is 3.57. The van der Waals surface area contributed by atoms with Crippen LogP contribution < -0.4 is 0 Å². The van der Waals surface area contributed by atoms with E-state index < -0.39 is 12.2 Å². The van der Waals surface area contributed by atoms with Gasteiger partial charge in [0.05, 0.1) is 6.10 Å². The number of benzene rings is 1. The third-order valence-corrected chi connectivity index (χ3v) is 2.62. The Kier molecular flexibility index (Phi) is 4.45. The van der Waals surface area contributed by atoms with Crippen molar-refractivity contribution < 1.29 is 15.3 Å². The molecule has 0 fully saturated rings. The molecule has 84 valence electrons. The van der Waals surface area contributed by atoms with Crippen molar-refractivity contribution in [3.8, 4) is 5.75 Å². The van der Waals surface area contributed by atoms with Gasteiger partial charge in [0, 0.05) is 0 Å². The molecule has 0 amide bonds. The molecular weight excluding hydrogens is 212 g/mol. The topological polar surface area (TPSA) is 60.7 Å². The summed E-state index contributed by atoms with van der Waals surface area (Å²) in [7, 11) is 0. The van der Waals surface area contributed by atoms with Gasteiger partial charge in [0.2, 0.25) is 0 Å². The monoisotopic (exact) mass is 228 g/mol. The molecule has 0 heterocycles. The highest BCUT2D eigenvalue weighted by Crippen LogP contribution is 2.25. The van der Waals surface area contributed by atoms with E-state index in [1.54, 1.807) is 19.1 Å². The fraction of sp³-hybridized carbons (Fsp3) is 0.455. The lowest BCUT2D eigenvalue weighted by Crippen LogP contribution is -2.19. The van der Waals surface area contributed by atoms with Gasteiger partial charge in [0.15, 0.2) is 0 Å². The maximum Gasteiger partial charge on any atom is 0.115 e. The Morgan fingerprint density at radius 1 is 1.33 bits per heavy atom. The molecule has 1 rings (SSSR count). The maximum absolute atomic E-state index is 9.83. The molecular formula is C11H16O3S. The Bertz CT molecular complexity index is 328. The molecule has 0 saturated heterocycles. The molecule has 0 aliphatic heterocycles. The standard InChI is InChI=1S/C11H16O3S/c1-7-6-8(12)2-3-9(7)11(14)10(13)4-5-15/h2-3,6,10-15H,4-5H2,1H3. The molecule has 1 aromatic carbocycles. The molecule has 0 aliphatic carbocycles. The van der Waals surface area contributed by atoms with Crippen LogP contribution in [0.2, 0.25) is 0 Å². The first-order valence-electron chi connectivity index (χ1n) is 4.82. The molecule has 0 aliphatic rings. The fourth-order valence-corrected chi connectivity index (χ4v) is 1.75. The minimum absolute atomic E-state index is 0.159. The molecule has 3 N–H and O–H groups in total. The van der Waals surface area contributed by atoms with Gasteiger partial charge in [-0.3, -0.25) is 0 Å². The van der Waals surface area contributed by atoms with E-state index in [0.29, 0.717) is 17.7 Å². The third-order valence-electron chi connectivity index (χ3n) is 2.36. The van der Waals surface area contributed by atoms with Gasteiger partial charge in [-0.25, -0.2) is 0 Å². The molecule has 0 aromatic heterocycles. The number of hydrogen-bond acceptors (Lipinski definition) is 4. The first kappa shape index (κ1) is 12.4. The second kappa shape index (κ2) is 5.39. The minimum atomic E-state index is -0.919. The molecule has 2 unspecified atom stereocenters. The van der Waals surface area contributed by atoms with Gasteiger partial charge in [0.25, 0.3) is 0 Å². The van der Waals surface area contributed by atoms with Crippen LogP contribution in [0.25, 0.3) is 0 Å². The highest BCUT2D eigenvalue weighted by Gasteiger charge is 2.19. The third kappa shape index (κ3) is 3.12. The number of aromatic hydroxyl groups is 1. The lowest BCUT2D eigenvalue weighted by Gasteiger charge is -2.19. The second-order valence-corrected chi connectivity index (χ2v) is 4.01. The van der Waals surface area contributed by atoms with Crippen LogP contribution >= 0.6 is 12.6 Å². The van der Waals surface area contributed by atoms with E-state index in [4.69, 9.17) is 0 Å². The van der Waals surface area contributed by atoms with Crippen molar-refractivity contribution in [2.24, 2.45) is 0 Å². The number of aliphatic hydroxyl groups excluding tert-OH is 2. The summed E-state index contributed by atoms with van der Waals surface area (Å²) in [6.45, 7) is 1.78. The van der Waals surface area contributed by atoms with Crippen molar-refractivity contribution in [3.05, 3.63) is 29.3 Å². The van der Waals surface area contributed by atoms with Gasteiger partial charge in [-0.05, 0) is 42.4 Å². The molecule has 2 atom stereocenters. The molecule has 3 nitrogen and oxygen atoms in total. The van der Waals surface area contributed by atoms with Gasteiger partial charge in [-0.2, -0.15) is 12.6 Å². The van der Waals surface area contributed by atoms with Crippen LogP contribution in [0.5, 0.6) is 5.75 Å². The maximum atomic E-state index is 9.83. The Balaban J connectivity index is 2.86. The van der Waals surface area contributed by atoms with Gasteiger partial charge in [-0.1, -0.05) is 6.07 Å². The number of thiol groups is 1. The summed E-state index contributed by atoms with van der Waals surface area (Å²) >= 11 is 4.00. The summed E-state index contributed by atoms with van der Waals surface area (Å²) in [6, 6.07) is 4.68. The predicted molar refractivity (Wildman–Crippen MR) is 62.3 cm³/mol. The number of hydrogen-bond donors (Lipinski definition) is 4. The Morgan fingerprint density at radius 2 is 2.00 bits per heavy atom. The summed E-state index contributed by atoms with van der Waals surface area (Å²) in [5, 5.41) is 28.6. The van der Waals surface area contributed by atoms with Crippen LogP contribution in [0.1, 0.15) is 23.7 Å². The van der Waals surface area contributed by atoms with Crippen molar-refractivity contribution in [1.29, 1.82) is 0 Å². The Morgan fingerprint density at radius 3 is 2.53 bits per heavy atom. The minimum Gasteiger partial charge on any atom is -0.508 e. The largest absolute Gasteiger partial charge is 0.508 e. The highest BCUT2D eigenvalue weighted by molar-refractivity contribution is 7.80. The first-order chi connectivity index (χ1) is 7.06. The van der Waals surface area contributed by atoms with Crippen molar-refractivity contribution in [3.63, 3.8) is 0 Å². The van der Waals surface area contributed by atoms with E-state index in [0.717, 1.165) is 5.56 Å². The van der Waals surface area contributed by atoms with Crippen LogP contribution in [0, 0.1) is 6.92 Å². The van der Waals surface area contributed by atoms with Crippen molar-refractivity contribution in [2.45, 2.75) is 25.6 Å². The van der Waals surface area contributed by atoms with E-state index in [1.165, 1.54) is 6.07 Å². The van der Waals surface area contributed by atoms with Crippen LogP contribution in [0.3, 0.4) is 0 Å². The van der Waals surface area contributed by atoms with Crippen molar-refractivity contribution in [2.75, 3.05) is 5.75 Å². The van der Waals surface area contributed by atoms with Gasteiger partial charge >= 0.3 is 0 Å². The molecule has 4 heteroatoms. The van der Waals surface area contributed by atoms with E-state index >= 15 is 0 Å². The summed E-state index contributed by atoms with van der Waals surface area (Å²) in [5.74, 6) is 0.683. The lowest BCUT2D eigenvalue weighted by molar-refractivity contribution is 0.0168. The van der Waals surface area contributed by atoms with Gasteiger partial charge < -0.3 is 15.3 Å². The van der Waals surface area contributed by atoms with Crippen LogP contribution in [-0.2, 0) is 0 Å². The summed E-state index contributed by atoms with van der Waals surface area (Å²) in [4.78, 5) is 0. The lowest BCUT2D eigenvalue weighted by atomic mass is 9.98. The number of aliphatic hydroxyl groups is 2. The molecule has 0 spiro atoms. The smallest absolute Gasteiger partial charge is 0.115 e. The Labute approximate surface area is 94.8 Å². The van der Waals surface area contributed by atoms with E-state index in [-0.39, 0.29) is 5.75 Å². The van der Waals surface area contributed by atoms with Gasteiger partial charge in [-0.15, -0.1) is 0 Å². The molecule has 0 saturated carbocycles. The predicted octanol–water partition coefficient (Wildman–Crippen LogP) is 1.41. The number of phenols is 1. The van der Waals surface area contributed by atoms with Crippen LogP contribution in [0.15, 0.2) is 18.2 Å². The summed E-state index contributed by atoms with van der Waals surface area (Å²) < 4.78 is 0. The zero-order valence-corrected chi connectivity index (χ0v) is 9.48. The summed E-state index contributed by atoms with van der Waals surface area (Å²) in [5.41, 5.74) is 1.41. The van der Waals surface area contributed by atoms with Crippen molar-refractivity contribution >= 4 is 12.6 Å². The van der Waals surface area contributed by atoms with Crippen LogP contribution in [-0.4, -0.2) is 27.2 Å². The molecule has 0 bridgehead atoms.